The molecule has 0 fully saturated rings. The fraction of sp³-hybridized carbons (Fsp3) is 0.909. The average molecular weight is 155 g/mol. The highest BCUT2D eigenvalue weighted by molar-refractivity contribution is 4.75. The van der Waals surface area contributed by atoms with Gasteiger partial charge in [0, 0.05) is 0 Å². The topological polar surface area (TPSA) is 0 Å². The van der Waals surface area contributed by atoms with Crippen LogP contribution in [-0.4, -0.2) is 0 Å². The fourth-order valence-electron chi connectivity index (χ4n) is 1.41. The van der Waals surface area contributed by atoms with Crippen molar-refractivity contribution < 1.29 is 0 Å². The van der Waals surface area contributed by atoms with Crippen molar-refractivity contribution in [2.24, 2.45) is 11.3 Å². The fourth-order valence-corrected chi connectivity index (χ4v) is 1.41. The maximum Gasteiger partial charge on any atom is -0.0326 e. The summed E-state index contributed by atoms with van der Waals surface area (Å²) >= 11 is 0. The second kappa shape index (κ2) is 4.79. The van der Waals surface area contributed by atoms with Crippen molar-refractivity contribution in [2.45, 2.75) is 53.4 Å². The van der Waals surface area contributed by atoms with Gasteiger partial charge in [0.15, 0.2) is 0 Å². The standard InChI is InChI=1S/C11H23/c1-6-10(4)9-11(5,7-2)8-3/h10H,2,6-9H2,1,3-5H3. The normalized spacial score (nSPS) is 15.0. The van der Waals surface area contributed by atoms with Crippen molar-refractivity contribution in [1.29, 1.82) is 0 Å². The second-order valence-electron chi connectivity index (χ2n) is 4.13. The highest BCUT2D eigenvalue weighted by atomic mass is 14.3. The molecule has 0 N–H and O–H groups in total. The van der Waals surface area contributed by atoms with E-state index in [1.54, 1.807) is 0 Å². The van der Waals surface area contributed by atoms with Crippen LogP contribution in [0, 0.1) is 18.3 Å². The molecule has 11 heavy (non-hydrogen) atoms. The van der Waals surface area contributed by atoms with Crippen LogP contribution in [0.1, 0.15) is 53.4 Å². The quantitative estimate of drug-likeness (QED) is 0.561. The molecule has 67 valence electrons. The molecule has 0 bridgehead atoms. The predicted octanol–water partition coefficient (Wildman–Crippen LogP) is 4.06. The molecule has 0 aromatic heterocycles. The van der Waals surface area contributed by atoms with Crippen LogP contribution in [0.15, 0.2) is 0 Å². The zero-order valence-electron chi connectivity index (χ0n) is 8.61. The van der Waals surface area contributed by atoms with Gasteiger partial charge >= 0.3 is 0 Å². The zero-order valence-corrected chi connectivity index (χ0v) is 8.61. The number of rotatable bonds is 5. The molecule has 2 unspecified atom stereocenters. The Morgan fingerprint density at radius 3 is 2.18 bits per heavy atom. The Hall–Kier alpha value is 0. The van der Waals surface area contributed by atoms with Gasteiger partial charge in [0.25, 0.3) is 0 Å². The lowest BCUT2D eigenvalue weighted by Crippen LogP contribution is -2.17. The Balaban J connectivity index is 3.86. The highest BCUT2D eigenvalue weighted by Crippen LogP contribution is 2.33. The summed E-state index contributed by atoms with van der Waals surface area (Å²) in [6.07, 6.45) is 4.98. The first-order chi connectivity index (χ1) is 5.08. The molecule has 0 spiro atoms. The van der Waals surface area contributed by atoms with Gasteiger partial charge < -0.3 is 0 Å². The van der Waals surface area contributed by atoms with Gasteiger partial charge in [0.05, 0.1) is 0 Å². The van der Waals surface area contributed by atoms with Crippen molar-refractivity contribution in [3.05, 3.63) is 6.92 Å². The summed E-state index contributed by atoms with van der Waals surface area (Å²) < 4.78 is 0. The van der Waals surface area contributed by atoms with Gasteiger partial charge in [-0.2, -0.15) is 0 Å². The Morgan fingerprint density at radius 2 is 1.91 bits per heavy atom. The monoisotopic (exact) mass is 155 g/mol. The SMILES string of the molecule is [CH2]CC(C)(CC)CC(C)CC. The summed E-state index contributed by atoms with van der Waals surface area (Å²) in [4.78, 5) is 0. The third kappa shape index (κ3) is 3.79. The summed E-state index contributed by atoms with van der Waals surface area (Å²) in [5.41, 5.74) is 0.495. The van der Waals surface area contributed by atoms with Crippen molar-refractivity contribution in [3.8, 4) is 0 Å². The summed E-state index contributed by atoms with van der Waals surface area (Å²) in [6, 6.07) is 0. The van der Waals surface area contributed by atoms with Crippen molar-refractivity contribution in [3.63, 3.8) is 0 Å². The molecule has 0 aromatic rings. The first kappa shape index (κ1) is 11.0. The summed E-state index contributed by atoms with van der Waals surface area (Å²) in [5, 5.41) is 0. The van der Waals surface area contributed by atoms with Crippen LogP contribution in [0.4, 0.5) is 0 Å². The maximum absolute atomic E-state index is 4.02. The number of hydrogen-bond donors (Lipinski definition) is 0. The van der Waals surface area contributed by atoms with E-state index in [4.69, 9.17) is 0 Å². The first-order valence-electron chi connectivity index (χ1n) is 4.87. The van der Waals surface area contributed by atoms with E-state index >= 15 is 0 Å². The molecule has 0 amide bonds. The average Bonchev–Trinajstić information content (AvgIpc) is 2.04. The molecule has 0 heterocycles. The minimum Gasteiger partial charge on any atom is -0.0651 e. The number of hydrogen-bond acceptors (Lipinski definition) is 0. The lowest BCUT2D eigenvalue weighted by molar-refractivity contribution is 0.236. The van der Waals surface area contributed by atoms with Crippen LogP contribution in [0.25, 0.3) is 0 Å². The van der Waals surface area contributed by atoms with Crippen LogP contribution < -0.4 is 0 Å². The van der Waals surface area contributed by atoms with Crippen molar-refractivity contribution in [2.75, 3.05) is 0 Å². The van der Waals surface area contributed by atoms with Crippen molar-refractivity contribution >= 4 is 0 Å². The maximum atomic E-state index is 4.02. The van der Waals surface area contributed by atoms with Gasteiger partial charge in [0.2, 0.25) is 0 Å². The molecule has 0 saturated heterocycles. The van der Waals surface area contributed by atoms with E-state index in [0.29, 0.717) is 5.41 Å². The summed E-state index contributed by atoms with van der Waals surface area (Å²) in [5.74, 6) is 0.863. The first-order valence-corrected chi connectivity index (χ1v) is 4.87. The van der Waals surface area contributed by atoms with Gasteiger partial charge in [-0.15, -0.1) is 0 Å². The van der Waals surface area contributed by atoms with Crippen LogP contribution >= 0.6 is 0 Å². The Bertz CT molecular complexity index is 90.2. The largest absolute Gasteiger partial charge is 0.0651 e. The molecule has 0 aliphatic carbocycles. The third-order valence-electron chi connectivity index (χ3n) is 3.00. The van der Waals surface area contributed by atoms with E-state index < -0.39 is 0 Å². The van der Waals surface area contributed by atoms with Crippen LogP contribution in [0.5, 0.6) is 0 Å². The smallest absolute Gasteiger partial charge is 0.0326 e. The lowest BCUT2D eigenvalue weighted by Gasteiger charge is -2.29. The van der Waals surface area contributed by atoms with Crippen LogP contribution in [0.2, 0.25) is 0 Å². The van der Waals surface area contributed by atoms with E-state index in [9.17, 15) is 0 Å². The minimum atomic E-state index is 0.495. The third-order valence-corrected chi connectivity index (χ3v) is 3.00. The van der Waals surface area contributed by atoms with Gasteiger partial charge in [-0.25, -0.2) is 0 Å². The molecule has 0 aliphatic heterocycles. The molecule has 0 nitrogen and oxygen atoms in total. The molecule has 0 rings (SSSR count). The molecule has 0 aliphatic rings. The Morgan fingerprint density at radius 1 is 1.36 bits per heavy atom. The van der Waals surface area contributed by atoms with Gasteiger partial charge in [0.1, 0.15) is 0 Å². The van der Waals surface area contributed by atoms with E-state index in [2.05, 4.69) is 34.6 Å². The van der Waals surface area contributed by atoms with E-state index in [1.165, 1.54) is 19.3 Å². The summed E-state index contributed by atoms with van der Waals surface area (Å²) in [7, 11) is 0. The second-order valence-corrected chi connectivity index (χ2v) is 4.13. The van der Waals surface area contributed by atoms with Crippen LogP contribution in [0.3, 0.4) is 0 Å². The molecule has 0 heteroatoms. The van der Waals surface area contributed by atoms with Gasteiger partial charge in [-0.3, -0.25) is 0 Å². The van der Waals surface area contributed by atoms with E-state index in [1.807, 2.05) is 0 Å². The molecule has 2 atom stereocenters. The zero-order chi connectivity index (χ0) is 8.91. The molecular weight excluding hydrogens is 132 g/mol. The highest BCUT2D eigenvalue weighted by Gasteiger charge is 2.21. The Kier molecular flexibility index (Phi) is 4.79. The molecule has 0 aromatic carbocycles. The molecule has 1 radical (unpaired) electrons. The lowest BCUT2D eigenvalue weighted by atomic mass is 9.77. The van der Waals surface area contributed by atoms with Gasteiger partial charge in [-0.1, -0.05) is 47.5 Å². The predicted molar refractivity (Wildman–Crippen MR) is 52.4 cm³/mol. The van der Waals surface area contributed by atoms with Crippen molar-refractivity contribution in [1.82, 2.24) is 0 Å². The molecular formula is C11H23. The van der Waals surface area contributed by atoms with Crippen LogP contribution in [-0.2, 0) is 0 Å². The van der Waals surface area contributed by atoms with E-state index in [-0.39, 0.29) is 0 Å². The molecule has 0 saturated carbocycles. The van der Waals surface area contributed by atoms with Gasteiger partial charge in [-0.05, 0) is 24.2 Å². The summed E-state index contributed by atoms with van der Waals surface area (Å²) in [6.45, 7) is 13.2. The van der Waals surface area contributed by atoms with E-state index in [0.717, 1.165) is 12.3 Å². The Labute approximate surface area is 72.4 Å². The minimum absolute atomic E-state index is 0.495.